The summed E-state index contributed by atoms with van der Waals surface area (Å²) in [6.07, 6.45) is 4.75. The van der Waals surface area contributed by atoms with E-state index in [2.05, 4.69) is 108 Å². The van der Waals surface area contributed by atoms with E-state index >= 15 is 0 Å². The van der Waals surface area contributed by atoms with E-state index in [0.717, 1.165) is 70.1 Å². The van der Waals surface area contributed by atoms with Gasteiger partial charge in [-0.15, -0.1) is 0 Å². The van der Waals surface area contributed by atoms with E-state index in [-0.39, 0.29) is 42.5 Å². The van der Waals surface area contributed by atoms with Crippen molar-refractivity contribution in [1.29, 1.82) is 0 Å². The van der Waals surface area contributed by atoms with Crippen LogP contribution in [-0.4, -0.2) is 34.1 Å². The largest absolute Gasteiger partial charge is 0 e. The van der Waals surface area contributed by atoms with E-state index in [1.807, 2.05) is 65.8 Å². The van der Waals surface area contributed by atoms with Crippen LogP contribution in [0.2, 0.25) is 17.3 Å². The number of allylic oxidation sites excluding steroid dienone is 2. The molecule has 7 rings (SSSR count). The molecule has 3 heterocycles. The Morgan fingerprint density at radius 1 is 0.719 bits per heavy atom. The van der Waals surface area contributed by atoms with Crippen LogP contribution in [0.5, 0.6) is 0 Å². The summed E-state index contributed by atoms with van der Waals surface area (Å²) < 4.78 is 7.92. The first-order valence-electron chi connectivity index (χ1n) is 20.0. The van der Waals surface area contributed by atoms with Crippen molar-refractivity contribution in [3.05, 3.63) is 127 Å². The van der Waals surface area contributed by atoms with Gasteiger partial charge in [0.15, 0.2) is 5.78 Å². The molecule has 57 heavy (non-hydrogen) atoms. The minimum Gasteiger partial charge on any atom is 0 e. The minimum atomic E-state index is -2.03. The molecule has 4 aromatic carbocycles. The maximum Gasteiger partial charge on any atom is 0 e. The Hall–Kier alpha value is -4.36. The molecule has 0 bridgehead atoms. The Morgan fingerprint density at radius 2 is 1.33 bits per heavy atom. The molecule has 0 amide bonds. The molecule has 0 aliphatic rings. The third-order valence-electron chi connectivity index (χ3n) is 12.0. The second kappa shape index (κ2) is 18.1. The average Bonchev–Trinajstić information content (AvgIpc) is 3.61. The summed E-state index contributed by atoms with van der Waals surface area (Å²) in [6, 6.07) is 41.4. The Kier molecular flexibility index (Phi) is 13.9. The van der Waals surface area contributed by atoms with Gasteiger partial charge in [0, 0.05) is 42.6 Å². The molecule has 3 aromatic heterocycles. The van der Waals surface area contributed by atoms with E-state index < -0.39 is 13.3 Å². The molecule has 7 heteroatoms. The summed E-state index contributed by atoms with van der Waals surface area (Å²) in [5.74, 6) is 7.58. The van der Waals surface area contributed by atoms with Crippen molar-refractivity contribution in [2.24, 2.45) is 10.8 Å². The molecule has 0 aliphatic heterocycles. The Bertz CT molecular complexity index is 2510. The van der Waals surface area contributed by atoms with Gasteiger partial charge in [0.1, 0.15) is 5.76 Å². The molecule has 1 radical (unpaired) electrons. The molecule has 1 N–H and O–H groups in total. The maximum absolute atomic E-state index is 12.2. The molecule has 0 aliphatic carbocycles. The van der Waals surface area contributed by atoms with Gasteiger partial charge in [-0.2, -0.15) is 0 Å². The number of nitrogens with zero attached hydrogens (tertiary/aromatic N) is 2. The quantitative estimate of drug-likeness (QED) is 0.0605. The normalized spacial score (nSPS) is 12.3. The molecule has 297 valence electrons. The van der Waals surface area contributed by atoms with Crippen molar-refractivity contribution in [1.82, 2.24) is 9.97 Å². The Balaban J connectivity index is 0.000000295. The number of rotatable bonds is 11. The summed E-state index contributed by atoms with van der Waals surface area (Å²) in [5, 5.41) is 13.3. The third-order valence-corrected chi connectivity index (χ3v) is 16.3. The van der Waals surface area contributed by atoms with Crippen LogP contribution in [0.4, 0.5) is 0 Å². The fraction of sp³-hybridized carbons (Fsp3) is 0.300. The number of carbonyl (C=O) groups excluding carboxylic acids is 1. The number of ketones is 1. The fourth-order valence-electron chi connectivity index (χ4n) is 6.94. The van der Waals surface area contributed by atoms with Gasteiger partial charge in [-0.05, 0) is 25.7 Å². The number of pyridine rings is 2. The molecule has 0 spiro atoms. The second-order valence-electron chi connectivity index (χ2n) is 16.4. The average molecular weight is 997 g/mol. The number of hydrogen-bond acceptors (Lipinski definition) is 5. The first kappa shape index (κ1) is 43.8. The van der Waals surface area contributed by atoms with Crippen molar-refractivity contribution in [3.8, 4) is 33.6 Å². The van der Waals surface area contributed by atoms with Crippen molar-refractivity contribution in [2.45, 2.75) is 84.5 Å². The van der Waals surface area contributed by atoms with Crippen LogP contribution in [0.15, 0.2) is 125 Å². The van der Waals surface area contributed by atoms with Gasteiger partial charge in [0.05, 0.1) is 0 Å². The van der Waals surface area contributed by atoms with Gasteiger partial charge in [-0.25, -0.2) is 0 Å². The summed E-state index contributed by atoms with van der Waals surface area (Å²) in [7, 11) is 0. The number of aliphatic hydroxyl groups excluding tert-OH is 1. The van der Waals surface area contributed by atoms with E-state index in [1.54, 1.807) is 0 Å². The van der Waals surface area contributed by atoms with Crippen LogP contribution in [0.25, 0.3) is 66.6 Å². The first-order valence-corrected chi connectivity index (χ1v) is 27.4. The SMILES string of the molecule is CCC(C)(CC)C(=O)/C=C(\O)C(C)(CC)CC.[CH3][Ge]([CH3])([CH3])[c]1ccc2nc(-c3[c-]ccc4c3oc3nc(-c5ccccc5)ccc34)cc(-c3ccccc3)c2c1.[Ir]. The summed E-state index contributed by atoms with van der Waals surface area (Å²) in [5.41, 5.74) is 7.77. The van der Waals surface area contributed by atoms with Gasteiger partial charge in [-0.3, -0.25) is 4.79 Å². The molecule has 0 atom stereocenters. The number of fused-ring (bicyclic) bond motifs is 4. The monoisotopic (exact) mass is 998 g/mol. The molecule has 0 saturated carbocycles. The van der Waals surface area contributed by atoms with Crippen molar-refractivity contribution < 1.29 is 34.4 Å². The maximum atomic E-state index is 12.2. The minimum absolute atomic E-state index is 0. The van der Waals surface area contributed by atoms with Crippen LogP contribution in [0.3, 0.4) is 0 Å². The summed E-state index contributed by atoms with van der Waals surface area (Å²) in [4.78, 5) is 22.2. The predicted octanol–water partition coefficient (Wildman–Crippen LogP) is 13.5. The topological polar surface area (TPSA) is 76.2 Å². The number of aromatic nitrogens is 2. The molecule has 7 aromatic rings. The van der Waals surface area contributed by atoms with Crippen molar-refractivity contribution in [2.75, 3.05) is 0 Å². The van der Waals surface area contributed by atoms with Gasteiger partial charge in [0.25, 0.3) is 0 Å². The number of hydrogen-bond donors (Lipinski definition) is 1. The van der Waals surface area contributed by atoms with E-state index in [0.29, 0.717) is 5.71 Å². The number of aliphatic hydroxyl groups is 1. The first-order chi connectivity index (χ1) is 26.7. The third kappa shape index (κ3) is 9.20. The van der Waals surface area contributed by atoms with Gasteiger partial charge < -0.3 is 5.11 Å². The standard InChI is InChI=1S/C35H27GeN2O.C15H28O2.Ir/c1-36(2,3)25-17-19-32-30(21-25)29(23-11-6-4-7-12-23)22-33(37-32)28-16-10-15-26-27-18-20-31(24-13-8-5-9-14-24)38-35(27)39-34(26)28;1-7-14(5,8-2)12(16)11-13(17)15(6,9-3)10-4;/h4-15,17-22H,1-3H3;11,16H,7-10H2,1-6H3;/q-1;;/b;12-11-;. The van der Waals surface area contributed by atoms with Crippen molar-refractivity contribution in [3.63, 3.8) is 0 Å². The molecule has 0 saturated heterocycles. The van der Waals surface area contributed by atoms with Gasteiger partial charge in [-0.1, -0.05) is 71.9 Å². The number of furan rings is 1. The van der Waals surface area contributed by atoms with E-state index in [1.165, 1.54) is 27.0 Å². The number of benzene rings is 4. The smallest absolute Gasteiger partial charge is 0 e. The zero-order valence-electron chi connectivity index (χ0n) is 34.8. The molecular formula is C50H55GeIrN2O3-. The number of carbonyl (C=O) groups is 1. The zero-order valence-corrected chi connectivity index (χ0v) is 39.3. The Labute approximate surface area is 354 Å². The molecule has 5 nitrogen and oxygen atoms in total. The van der Waals surface area contributed by atoms with Crippen molar-refractivity contribution >= 4 is 56.4 Å². The predicted molar refractivity (Wildman–Crippen MR) is 238 cm³/mol. The van der Waals surface area contributed by atoms with Gasteiger partial charge >= 0.3 is 195 Å². The van der Waals surface area contributed by atoms with Crippen LogP contribution < -0.4 is 4.40 Å². The van der Waals surface area contributed by atoms with Crippen LogP contribution in [0.1, 0.15) is 67.2 Å². The summed E-state index contributed by atoms with van der Waals surface area (Å²) >= 11 is -2.03. The van der Waals surface area contributed by atoms with Crippen LogP contribution in [-0.2, 0) is 24.9 Å². The van der Waals surface area contributed by atoms with Crippen LogP contribution >= 0.6 is 0 Å². The fourth-order valence-corrected chi connectivity index (χ4v) is 9.38. The Morgan fingerprint density at radius 3 is 1.93 bits per heavy atom. The molecule has 0 fully saturated rings. The summed E-state index contributed by atoms with van der Waals surface area (Å²) in [6.45, 7) is 12.1. The molecule has 0 unspecified atom stereocenters. The van der Waals surface area contributed by atoms with E-state index in [9.17, 15) is 9.90 Å². The zero-order chi connectivity index (χ0) is 40.3. The second-order valence-corrected chi connectivity index (χ2v) is 27.1. The van der Waals surface area contributed by atoms with E-state index in [4.69, 9.17) is 14.4 Å². The molecular weight excluding hydrogens is 941 g/mol. The van der Waals surface area contributed by atoms with Crippen LogP contribution in [0, 0.1) is 16.9 Å². The van der Waals surface area contributed by atoms with Gasteiger partial charge in [0.2, 0.25) is 0 Å².